The molecule has 5 rings (SSSR count). The van der Waals surface area contributed by atoms with E-state index < -0.39 is 0 Å². The van der Waals surface area contributed by atoms with E-state index >= 15 is 0 Å². The number of phenolic OH excluding ortho intramolecular Hbond substituents is 1. The van der Waals surface area contributed by atoms with Gasteiger partial charge in [0.25, 0.3) is 0 Å². The van der Waals surface area contributed by atoms with Crippen LogP contribution in [0.4, 0.5) is 5.69 Å². The molecule has 1 aromatic carbocycles. The van der Waals surface area contributed by atoms with Crippen LogP contribution in [0.15, 0.2) is 36.7 Å². The Morgan fingerprint density at radius 1 is 1.09 bits per heavy atom. The normalized spacial score (nSPS) is 15.2. The average Bonchev–Trinajstić information content (AvgIpc) is 3.49. The molecule has 1 saturated heterocycles. The summed E-state index contributed by atoms with van der Waals surface area (Å²) in [6, 6.07) is 8.59. The molecule has 0 bridgehead atoms. The number of nitrogens with zero attached hydrogens (tertiary/aromatic N) is 5. The topological polar surface area (TPSA) is 79.1 Å². The van der Waals surface area contributed by atoms with Gasteiger partial charge in [-0.05, 0) is 44.7 Å². The maximum absolute atomic E-state index is 10.7. The third kappa shape index (κ3) is 4.78. The first-order chi connectivity index (χ1) is 16.0. The molecular formula is C26H36N6O. The van der Waals surface area contributed by atoms with Crippen molar-refractivity contribution in [2.45, 2.75) is 47.1 Å². The number of aromatic nitrogens is 4. The van der Waals surface area contributed by atoms with Crippen molar-refractivity contribution in [3.63, 3.8) is 0 Å². The molecule has 0 saturated carbocycles. The highest BCUT2D eigenvalue weighted by atomic mass is 16.3. The predicted molar refractivity (Wildman–Crippen MR) is 138 cm³/mol. The predicted octanol–water partition coefficient (Wildman–Crippen LogP) is 5.05. The summed E-state index contributed by atoms with van der Waals surface area (Å²) < 4.78 is 1.76. The van der Waals surface area contributed by atoms with E-state index in [1.54, 1.807) is 4.68 Å². The second-order valence-corrected chi connectivity index (χ2v) is 7.80. The number of aryl methyl sites for hydroxylation is 2. The maximum Gasteiger partial charge on any atom is 0.159 e. The molecule has 7 nitrogen and oxygen atoms in total. The van der Waals surface area contributed by atoms with Gasteiger partial charge in [-0.2, -0.15) is 5.10 Å². The van der Waals surface area contributed by atoms with Crippen molar-refractivity contribution in [1.29, 1.82) is 0 Å². The molecular weight excluding hydrogens is 412 g/mol. The SMILES string of the molecule is CC.CC.CNC1CCN(c2cnc3nc(-c4cc5cn(C)nc5c(C)c4O)ccc3c2)C1. The van der Waals surface area contributed by atoms with Crippen LogP contribution in [0, 0.1) is 6.92 Å². The van der Waals surface area contributed by atoms with Crippen LogP contribution in [-0.4, -0.2) is 51.0 Å². The first-order valence-corrected chi connectivity index (χ1v) is 11.9. The first-order valence-electron chi connectivity index (χ1n) is 11.9. The Labute approximate surface area is 196 Å². The van der Waals surface area contributed by atoms with Crippen LogP contribution < -0.4 is 10.2 Å². The molecule has 1 atom stereocenters. The van der Waals surface area contributed by atoms with Gasteiger partial charge in [-0.15, -0.1) is 0 Å². The Morgan fingerprint density at radius 3 is 2.55 bits per heavy atom. The van der Waals surface area contributed by atoms with E-state index in [9.17, 15) is 5.11 Å². The highest BCUT2D eigenvalue weighted by Crippen LogP contribution is 2.36. The summed E-state index contributed by atoms with van der Waals surface area (Å²) in [5.41, 5.74) is 4.78. The van der Waals surface area contributed by atoms with Crippen LogP contribution in [0.25, 0.3) is 33.2 Å². The molecule has 1 fully saturated rings. The summed E-state index contributed by atoms with van der Waals surface area (Å²) in [7, 11) is 3.89. The van der Waals surface area contributed by atoms with Crippen LogP contribution >= 0.6 is 0 Å². The molecule has 4 aromatic rings. The molecule has 0 radical (unpaired) electrons. The van der Waals surface area contributed by atoms with Crippen molar-refractivity contribution in [1.82, 2.24) is 25.1 Å². The van der Waals surface area contributed by atoms with Gasteiger partial charge < -0.3 is 15.3 Å². The third-order valence-electron chi connectivity index (χ3n) is 5.89. The van der Waals surface area contributed by atoms with Crippen LogP contribution in [0.5, 0.6) is 5.75 Å². The van der Waals surface area contributed by atoms with Crippen molar-refractivity contribution < 1.29 is 5.11 Å². The molecule has 176 valence electrons. The molecule has 2 N–H and O–H groups in total. The lowest BCUT2D eigenvalue weighted by Gasteiger charge is -2.18. The van der Waals surface area contributed by atoms with Crippen LogP contribution in [0.1, 0.15) is 39.7 Å². The van der Waals surface area contributed by atoms with E-state index in [-0.39, 0.29) is 5.75 Å². The lowest BCUT2D eigenvalue weighted by atomic mass is 10.0. The minimum Gasteiger partial charge on any atom is -0.507 e. The van der Waals surface area contributed by atoms with Crippen molar-refractivity contribution in [3.05, 3.63) is 42.2 Å². The van der Waals surface area contributed by atoms with E-state index in [2.05, 4.69) is 26.4 Å². The van der Waals surface area contributed by atoms with Gasteiger partial charge in [0.15, 0.2) is 5.65 Å². The Bertz CT molecular complexity index is 1230. The van der Waals surface area contributed by atoms with Crippen LogP contribution in [-0.2, 0) is 7.05 Å². The van der Waals surface area contributed by atoms with Gasteiger partial charge in [-0.25, -0.2) is 9.97 Å². The summed E-state index contributed by atoms with van der Waals surface area (Å²) in [5.74, 6) is 0.217. The fraction of sp³-hybridized carbons (Fsp3) is 0.423. The number of likely N-dealkylation sites (N-methyl/N-ethyl adjacent to an activating group) is 1. The zero-order valence-corrected chi connectivity index (χ0v) is 20.8. The molecule has 4 heterocycles. The van der Waals surface area contributed by atoms with Gasteiger partial charge in [0.05, 0.1) is 23.1 Å². The molecule has 33 heavy (non-hydrogen) atoms. The van der Waals surface area contributed by atoms with E-state index in [1.165, 1.54) is 0 Å². The number of fused-ring (bicyclic) bond motifs is 2. The number of anilines is 1. The summed E-state index contributed by atoms with van der Waals surface area (Å²) in [5, 5.41) is 20.5. The molecule has 1 unspecified atom stereocenters. The number of hydrogen-bond donors (Lipinski definition) is 2. The lowest BCUT2D eigenvalue weighted by Crippen LogP contribution is -2.29. The molecule has 0 spiro atoms. The Hall–Kier alpha value is -3.19. The zero-order chi connectivity index (χ0) is 24.1. The Morgan fingerprint density at radius 2 is 1.85 bits per heavy atom. The summed E-state index contributed by atoms with van der Waals surface area (Å²) in [6.45, 7) is 11.9. The Kier molecular flexibility index (Phi) is 7.87. The van der Waals surface area contributed by atoms with E-state index in [0.29, 0.717) is 22.9 Å². The number of phenols is 1. The summed E-state index contributed by atoms with van der Waals surface area (Å²) in [4.78, 5) is 11.7. The average molecular weight is 449 g/mol. The third-order valence-corrected chi connectivity index (χ3v) is 5.89. The Balaban J connectivity index is 0.000000728. The molecule has 7 heteroatoms. The number of aromatic hydroxyl groups is 1. The number of pyridine rings is 2. The molecule has 3 aromatic heterocycles. The lowest BCUT2D eigenvalue weighted by molar-refractivity contribution is 0.474. The first kappa shape index (κ1) is 24.5. The molecule has 1 aliphatic rings. The molecule has 0 aliphatic carbocycles. The number of rotatable bonds is 3. The van der Waals surface area contributed by atoms with Gasteiger partial charge in [-0.1, -0.05) is 27.7 Å². The quantitative estimate of drug-likeness (QED) is 0.457. The summed E-state index contributed by atoms with van der Waals surface area (Å²) >= 11 is 0. The van der Waals surface area contributed by atoms with Crippen LogP contribution in [0.2, 0.25) is 0 Å². The maximum atomic E-state index is 10.7. The van der Waals surface area contributed by atoms with Crippen molar-refractivity contribution in [2.24, 2.45) is 7.05 Å². The number of hydrogen-bond acceptors (Lipinski definition) is 6. The largest absolute Gasteiger partial charge is 0.507 e. The number of benzene rings is 1. The number of nitrogens with one attached hydrogen (secondary N) is 1. The van der Waals surface area contributed by atoms with Crippen molar-refractivity contribution >= 4 is 27.6 Å². The second kappa shape index (κ2) is 10.6. The van der Waals surface area contributed by atoms with Crippen molar-refractivity contribution in [2.75, 3.05) is 25.0 Å². The standard InChI is InChI=1S/C22H24N6O.2C2H6/c1-13-20-15(11-27(3)26-20)9-18(21(13)29)19-5-4-14-8-17(10-24-22(14)25-19)28-7-6-16(12-28)23-2;2*1-2/h4-5,8-11,16,23,29H,6-7,12H2,1-3H3;2*1-2H3. The minimum atomic E-state index is 0.217. The van der Waals surface area contributed by atoms with Gasteiger partial charge in [0.2, 0.25) is 0 Å². The smallest absolute Gasteiger partial charge is 0.159 e. The summed E-state index contributed by atoms with van der Waals surface area (Å²) in [6.07, 6.45) is 4.99. The highest BCUT2D eigenvalue weighted by Gasteiger charge is 2.22. The fourth-order valence-corrected chi connectivity index (χ4v) is 4.19. The highest BCUT2D eigenvalue weighted by molar-refractivity contribution is 5.91. The minimum absolute atomic E-state index is 0.217. The van der Waals surface area contributed by atoms with Gasteiger partial charge in [-0.3, -0.25) is 4.68 Å². The van der Waals surface area contributed by atoms with Gasteiger partial charge in [0.1, 0.15) is 5.75 Å². The van der Waals surface area contributed by atoms with Gasteiger partial charge in [0, 0.05) is 54.3 Å². The second-order valence-electron chi connectivity index (χ2n) is 7.80. The van der Waals surface area contributed by atoms with Gasteiger partial charge >= 0.3 is 0 Å². The zero-order valence-electron chi connectivity index (χ0n) is 20.8. The van der Waals surface area contributed by atoms with E-state index in [1.807, 2.05) is 79.3 Å². The monoisotopic (exact) mass is 448 g/mol. The van der Waals surface area contributed by atoms with Crippen molar-refractivity contribution in [3.8, 4) is 17.0 Å². The van der Waals surface area contributed by atoms with E-state index in [4.69, 9.17) is 4.98 Å². The van der Waals surface area contributed by atoms with Crippen LogP contribution in [0.3, 0.4) is 0 Å². The molecule has 0 amide bonds. The fourth-order valence-electron chi connectivity index (χ4n) is 4.19. The molecule has 1 aliphatic heterocycles. The van der Waals surface area contributed by atoms with E-state index in [0.717, 1.165) is 47.1 Å².